The third-order valence-electron chi connectivity index (χ3n) is 8.39. The second-order valence-corrected chi connectivity index (χ2v) is 9.34. The summed E-state index contributed by atoms with van der Waals surface area (Å²) in [6.45, 7) is 2.29. The van der Waals surface area contributed by atoms with E-state index in [0.29, 0.717) is 6.42 Å². The van der Waals surface area contributed by atoms with Crippen LogP contribution in [0.4, 0.5) is 8.78 Å². The molecule has 0 aromatic carbocycles. The maximum absolute atomic E-state index is 16.7. The van der Waals surface area contributed by atoms with E-state index in [1.54, 1.807) is 6.92 Å². The van der Waals surface area contributed by atoms with Gasteiger partial charge in [-0.3, -0.25) is 9.59 Å². The van der Waals surface area contributed by atoms with Gasteiger partial charge in [-0.15, -0.1) is 0 Å². The molecule has 4 aliphatic rings. The molecule has 28 heavy (non-hydrogen) atoms. The van der Waals surface area contributed by atoms with Crippen molar-refractivity contribution in [3.63, 3.8) is 0 Å². The van der Waals surface area contributed by atoms with Gasteiger partial charge in [-0.05, 0) is 56.3 Å². The summed E-state index contributed by atoms with van der Waals surface area (Å²) >= 11 is 0. The fourth-order valence-corrected chi connectivity index (χ4v) is 6.80. The van der Waals surface area contributed by atoms with Crippen molar-refractivity contribution in [3.8, 4) is 0 Å². The van der Waals surface area contributed by atoms with Crippen LogP contribution in [0, 0.1) is 22.7 Å². The van der Waals surface area contributed by atoms with Crippen molar-refractivity contribution in [2.75, 3.05) is 6.61 Å². The van der Waals surface area contributed by atoms with Gasteiger partial charge in [0.15, 0.2) is 17.2 Å². The monoisotopic (exact) mass is 396 g/mol. The number of aliphatic hydroxyl groups excluding tert-OH is 2. The number of carbonyl (C=O) groups excluding carboxylic acids is 2. The smallest absolute Gasteiger partial charge is 0.190 e. The fourth-order valence-electron chi connectivity index (χ4n) is 6.80. The third-order valence-corrected chi connectivity index (χ3v) is 8.39. The Morgan fingerprint density at radius 1 is 1.32 bits per heavy atom. The van der Waals surface area contributed by atoms with Crippen LogP contribution in [0.1, 0.15) is 39.5 Å². The van der Waals surface area contributed by atoms with Crippen LogP contribution < -0.4 is 0 Å². The van der Waals surface area contributed by atoms with Crippen LogP contribution in [0.3, 0.4) is 0 Å². The van der Waals surface area contributed by atoms with Crippen LogP contribution in [0.15, 0.2) is 23.8 Å². The normalized spacial score (nSPS) is 52.5. The van der Waals surface area contributed by atoms with Gasteiger partial charge in [-0.25, -0.2) is 8.78 Å². The molecule has 4 rings (SSSR count). The lowest BCUT2D eigenvalue weighted by atomic mass is 9.44. The first-order valence-corrected chi connectivity index (χ1v) is 9.78. The highest BCUT2D eigenvalue weighted by molar-refractivity contribution is 6.01. The Morgan fingerprint density at radius 3 is 2.64 bits per heavy atom. The minimum absolute atomic E-state index is 0.0392. The molecule has 0 aromatic heterocycles. The molecule has 0 heterocycles. The molecule has 4 aliphatic carbocycles. The SMILES string of the molecule is C[C@]12C=CC(=O)C=C1[C@@H](F)C[C@H]1[C@@H]3CC[C@@](O)(C(=O)CO)[C@@]3(C)C[C@@H](O)[C@@]12F. The van der Waals surface area contributed by atoms with Gasteiger partial charge < -0.3 is 15.3 Å². The van der Waals surface area contributed by atoms with Crippen molar-refractivity contribution in [3.05, 3.63) is 23.8 Å². The van der Waals surface area contributed by atoms with Crippen LogP contribution in [-0.4, -0.2) is 57.0 Å². The van der Waals surface area contributed by atoms with Gasteiger partial charge in [0.25, 0.3) is 0 Å². The maximum atomic E-state index is 16.7. The molecule has 5 nitrogen and oxygen atoms in total. The molecule has 3 saturated carbocycles. The van der Waals surface area contributed by atoms with E-state index in [2.05, 4.69) is 0 Å². The Labute approximate surface area is 162 Å². The molecule has 0 spiro atoms. The first kappa shape index (κ1) is 19.9. The van der Waals surface area contributed by atoms with Crippen LogP contribution in [0.25, 0.3) is 0 Å². The molecular formula is C21H26F2O5. The number of halogens is 2. The van der Waals surface area contributed by atoms with Gasteiger partial charge in [0.1, 0.15) is 18.4 Å². The number of hydrogen-bond acceptors (Lipinski definition) is 5. The van der Waals surface area contributed by atoms with E-state index in [0.717, 1.165) is 6.08 Å². The number of rotatable bonds is 2. The van der Waals surface area contributed by atoms with E-state index < -0.39 is 64.4 Å². The average molecular weight is 396 g/mol. The zero-order chi connectivity index (χ0) is 20.7. The van der Waals surface area contributed by atoms with Crippen LogP contribution >= 0.6 is 0 Å². The van der Waals surface area contributed by atoms with Gasteiger partial charge >= 0.3 is 0 Å². The maximum Gasteiger partial charge on any atom is 0.190 e. The zero-order valence-electron chi connectivity index (χ0n) is 16.0. The molecule has 0 bridgehead atoms. The zero-order valence-corrected chi connectivity index (χ0v) is 16.0. The third kappa shape index (κ3) is 2.05. The van der Waals surface area contributed by atoms with Crippen molar-refractivity contribution in [1.29, 1.82) is 0 Å². The summed E-state index contributed by atoms with van der Waals surface area (Å²) in [6, 6.07) is 0. The molecule has 0 saturated heterocycles. The van der Waals surface area contributed by atoms with Gasteiger partial charge in [0, 0.05) is 16.7 Å². The first-order valence-electron chi connectivity index (χ1n) is 9.78. The van der Waals surface area contributed by atoms with Gasteiger partial charge in [-0.1, -0.05) is 13.0 Å². The van der Waals surface area contributed by atoms with E-state index in [-0.39, 0.29) is 24.8 Å². The number of alkyl halides is 2. The first-order chi connectivity index (χ1) is 13.0. The van der Waals surface area contributed by atoms with E-state index >= 15 is 8.78 Å². The van der Waals surface area contributed by atoms with E-state index in [9.17, 15) is 24.9 Å². The summed E-state index contributed by atoms with van der Waals surface area (Å²) in [7, 11) is 0. The predicted molar refractivity (Wildman–Crippen MR) is 95.7 cm³/mol. The Kier molecular flexibility index (Phi) is 4.11. The lowest BCUT2D eigenvalue weighted by Gasteiger charge is -2.63. The molecule has 0 aromatic rings. The second kappa shape index (κ2) is 5.80. The quantitative estimate of drug-likeness (QED) is 0.659. The van der Waals surface area contributed by atoms with Crippen molar-refractivity contribution in [2.24, 2.45) is 22.7 Å². The number of fused-ring (bicyclic) bond motifs is 5. The molecule has 7 heteroatoms. The number of aliphatic hydroxyl groups is 3. The topological polar surface area (TPSA) is 94.8 Å². The van der Waals surface area contributed by atoms with Gasteiger partial charge in [-0.2, -0.15) is 0 Å². The highest BCUT2D eigenvalue weighted by Crippen LogP contribution is 2.69. The van der Waals surface area contributed by atoms with Crippen LogP contribution in [-0.2, 0) is 9.59 Å². The Balaban J connectivity index is 1.84. The lowest BCUT2D eigenvalue weighted by Crippen LogP contribution is -2.70. The lowest BCUT2D eigenvalue weighted by molar-refractivity contribution is -0.221. The number of allylic oxidation sites excluding steroid dienone is 4. The standard InChI is InChI=1S/C21H26F2O5/c1-18-5-3-11(25)7-14(18)15(22)8-13-12-4-6-20(28,17(27)10-24)19(12,2)9-16(26)21(13,18)23/h3,5,7,12-13,15-16,24,26,28H,4,6,8-10H2,1-2H3/t12-,13-,15-,16+,18-,19-,20+,21-/m0/s1. The minimum Gasteiger partial charge on any atom is -0.390 e. The minimum atomic E-state index is -2.23. The predicted octanol–water partition coefficient (Wildman–Crippen LogP) is 1.60. The summed E-state index contributed by atoms with van der Waals surface area (Å²) in [6.07, 6.45) is 0.509. The van der Waals surface area contributed by atoms with Crippen LogP contribution in [0.2, 0.25) is 0 Å². The van der Waals surface area contributed by atoms with Gasteiger partial charge in [0.05, 0.1) is 6.10 Å². The molecule has 3 fully saturated rings. The molecule has 0 amide bonds. The highest BCUT2D eigenvalue weighted by Gasteiger charge is 2.75. The Bertz CT molecular complexity index is 809. The summed E-state index contributed by atoms with van der Waals surface area (Å²) in [4.78, 5) is 24.1. The summed E-state index contributed by atoms with van der Waals surface area (Å²) in [5.41, 5.74) is -6.71. The van der Waals surface area contributed by atoms with Crippen molar-refractivity contribution < 1.29 is 33.7 Å². The second-order valence-electron chi connectivity index (χ2n) is 9.34. The van der Waals surface area contributed by atoms with E-state index in [1.807, 2.05) is 0 Å². The molecule has 3 N–H and O–H groups in total. The number of Topliss-reactive ketones (excluding diaryl/α,β-unsaturated/α-hetero) is 1. The highest BCUT2D eigenvalue weighted by atomic mass is 19.1. The van der Waals surface area contributed by atoms with E-state index in [4.69, 9.17) is 0 Å². The molecule has 0 aliphatic heterocycles. The molecular weight excluding hydrogens is 370 g/mol. The van der Waals surface area contributed by atoms with E-state index in [1.165, 1.54) is 19.1 Å². The fraction of sp³-hybridized carbons (Fsp3) is 0.714. The number of hydrogen-bond donors (Lipinski definition) is 3. The van der Waals surface area contributed by atoms with Crippen molar-refractivity contribution >= 4 is 11.6 Å². The molecule has 154 valence electrons. The summed E-state index contributed by atoms with van der Waals surface area (Å²) in [5, 5.41) is 31.4. The molecule has 8 atom stereocenters. The largest absolute Gasteiger partial charge is 0.390 e. The molecule has 0 unspecified atom stereocenters. The Hall–Kier alpha value is -1.44. The van der Waals surface area contributed by atoms with Crippen molar-refractivity contribution in [1.82, 2.24) is 0 Å². The summed E-state index contributed by atoms with van der Waals surface area (Å²) in [5.74, 6) is -2.63. The van der Waals surface area contributed by atoms with Gasteiger partial charge in [0.2, 0.25) is 0 Å². The molecule has 0 radical (unpaired) electrons. The average Bonchev–Trinajstić information content (AvgIpc) is 2.91. The number of ketones is 2. The van der Waals surface area contributed by atoms with Crippen molar-refractivity contribution in [2.45, 2.75) is 63.1 Å². The summed E-state index contributed by atoms with van der Waals surface area (Å²) < 4.78 is 31.9. The van der Waals surface area contributed by atoms with Crippen LogP contribution in [0.5, 0.6) is 0 Å². The Morgan fingerprint density at radius 2 is 2.00 bits per heavy atom. The number of carbonyl (C=O) groups is 2.